The first-order chi connectivity index (χ1) is 11.5. The van der Waals surface area contributed by atoms with Crippen LogP contribution >= 0.6 is 35.3 Å². The van der Waals surface area contributed by atoms with E-state index in [-0.39, 0.29) is 30.0 Å². The van der Waals surface area contributed by atoms with E-state index in [1.807, 2.05) is 6.07 Å². The molecule has 6 heteroatoms. The summed E-state index contributed by atoms with van der Waals surface area (Å²) >= 11 is 1.72. The number of hydrogen-bond donors (Lipinski definition) is 2. The molecule has 0 fully saturated rings. The lowest BCUT2D eigenvalue weighted by atomic mass is 10.1. The lowest BCUT2D eigenvalue weighted by Crippen LogP contribution is -2.31. The van der Waals surface area contributed by atoms with Gasteiger partial charge in [-0.15, -0.1) is 24.0 Å². The monoisotopic (exact) mass is 472 g/mol. The van der Waals surface area contributed by atoms with Crippen LogP contribution in [0.2, 0.25) is 0 Å². The number of aliphatic imine (C=N–C) groups is 1. The summed E-state index contributed by atoms with van der Waals surface area (Å²) in [5, 5.41) is 7.51. The first-order valence-corrected chi connectivity index (χ1v) is 9.39. The fraction of sp³-hybridized carbons (Fsp3) is 0.421. The van der Waals surface area contributed by atoms with Crippen LogP contribution < -0.4 is 11.1 Å². The van der Waals surface area contributed by atoms with E-state index in [0.29, 0.717) is 12.5 Å². The summed E-state index contributed by atoms with van der Waals surface area (Å²) in [4.78, 5) is 7.00. The van der Waals surface area contributed by atoms with E-state index < -0.39 is 0 Å². The number of nitrogens with one attached hydrogen (secondary N) is 1. The summed E-state index contributed by atoms with van der Waals surface area (Å²) in [6.45, 7) is 11.2. The molecule has 0 saturated heterocycles. The standard InChI is InChI=1S/C19H28N4S.HI/c1-5-23(6-2)18(16-9-10-24-13-16)12-21-19(20)22-17-8-7-14(3)15(4)11-17;/h7-11,13,18H,5-6,12H2,1-4H3,(H3,20,21,22);1H. The summed E-state index contributed by atoms with van der Waals surface area (Å²) < 4.78 is 0. The molecule has 1 aromatic carbocycles. The highest BCUT2D eigenvalue weighted by atomic mass is 127. The topological polar surface area (TPSA) is 53.6 Å². The molecule has 1 atom stereocenters. The zero-order valence-corrected chi connectivity index (χ0v) is 18.6. The summed E-state index contributed by atoms with van der Waals surface area (Å²) in [6.07, 6.45) is 0. The van der Waals surface area contributed by atoms with Gasteiger partial charge in [-0.3, -0.25) is 9.89 Å². The predicted molar refractivity (Wildman–Crippen MR) is 121 cm³/mol. The van der Waals surface area contributed by atoms with Gasteiger partial charge in [0.05, 0.1) is 12.6 Å². The number of thiophene rings is 1. The molecule has 0 bridgehead atoms. The van der Waals surface area contributed by atoms with Crippen LogP contribution in [0.25, 0.3) is 0 Å². The second kappa shape index (κ2) is 10.8. The number of rotatable bonds is 7. The van der Waals surface area contributed by atoms with Crippen LogP contribution in [0, 0.1) is 13.8 Å². The summed E-state index contributed by atoms with van der Waals surface area (Å²) in [6, 6.07) is 8.67. The second-order valence-corrected chi connectivity index (χ2v) is 6.72. The minimum Gasteiger partial charge on any atom is -0.370 e. The molecule has 0 aliphatic rings. The molecule has 25 heavy (non-hydrogen) atoms. The molecular formula is C19H29IN4S. The molecule has 1 heterocycles. The number of nitrogens with zero attached hydrogens (tertiary/aromatic N) is 2. The molecule has 4 nitrogen and oxygen atoms in total. The third-order valence-electron chi connectivity index (χ3n) is 4.39. The minimum atomic E-state index is 0. The number of halogens is 1. The third-order valence-corrected chi connectivity index (χ3v) is 5.10. The van der Waals surface area contributed by atoms with Crippen molar-refractivity contribution in [3.05, 3.63) is 51.7 Å². The first-order valence-electron chi connectivity index (χ1n) is 8.45. The van der Waals surface area contributed by atoms with Crippen LogP contribution in [0.1, 0.15) is 36.6 Å². The Labute approximate surface area is 172 Å². The highest BCUT2D eigenvalue weighted by Crippen LogP contribution is 2.23. The van der Waals surface area contributed by atoms with Crippen LogP contribution in [0.4, 0.5) is 5.69 Å². The zero-order chi connectivity index (χ0) is 17.5. The Kier molecular flexibility index (Phi) is 9.45. The molecule has 2 rings (SSSR count). The molecule has 138 valence electrons. The summed E-state index contributed by atoms with van der Waals surface area (Å²) in [5.74, 6) is 0.464. The number of aryl methyl sites for hydroxylation is 2. The van der Waals surface area contributed by atoms with E-state index in [0.717, 1.165) is 18.8 Å². The normalized spacial score (nSPS) is 12.8. The van der Waals surface area contributed by atoms with Gasteiger partial charge in [0.2, 0.25) is 0 Å². The lowest BCUT2D eigenvalue weighted by Gasteiger charge is -2.28. The van der Waals surface area contributed by atoms with Crippen molar-refractivity contribution in [2.45, 2.75) is 33.7 Å². The zero-order valence-electron chi connectivity index (χ0n) is 15.5. The van der Waals surface area contributed by atoms with E-state index in [1.54, 1.807) is 11.3 Å². The maximum atomic E-state index is 6.10. The van der Waals surface area contributed by atoms with Crippen LogP contribution in [0.3, 0.4) is 0 Å². The van der Waals surface area contributed by atoms with E-state index in [4.69, 9.17) is 5.73 Å². The molecule has 0 radical (unpaired) electrons. The average Bonchev–Trinajstić information content (AvgIpc) is 3.09. The van der Waals surface area contributed by atoms with Gasteiger partial charge in [0.25, 0.3) is 0 Å². The van der Waals surface area contributed by atoms with Gasteiger partial charge in [-0.25, -0.2) is 0 Å². The third kappa shape index (κ3) is 6.27. The Morgan fingerprint density at radius 3 is 2.48 bits per heavy atom. The summed E-state index contributed by atoms with van der Waals surface area (Å²) in [7, 11) is 0. The Balaban J connectivity index is 0.00000312. The van der Waals surface area contributed by atoms with Crippen molar-refractivity contribution in [2.75, 3.05) is 25.0 Å². The maximum absolute atomic E-state index is 6.10. The van der Waals surface area contributed by atoms with Crippen molar-refractivity contribution >= 4 is 47.0 Å². The van der Waals surface area contributed by atoms with Gasteiger partial charge >= 0.3 is 0 Å². The number of nitrogens with two attached hydrogens (primary N) is 1. The van der Waals surface area contributed by atoms with Gasteiger partial charge < -0.3 is 11.1 Å². The molecule has 0 saturated carbocycles. The van der Waals surface area contributed by atoms with Crippen LogP contribution in [-0.2, 0) is 0 Å². The van der Waals surface area contributed by atoms with Crippen molar-refractivity contribution in [2.24, 2.45) is 10.7 Å². The van der Waals surface area contributed by atoms with Gasteiger partial charge in [0, 0.05) is 5.69 Å². The molecule has 0 aliphatic carbocycles. The molecule has 2 aromatic rings. The van der Waals surface area contributed by atoms with Crippen LogP contribution in [-0.4, -0.2) is 30.5 Å². The van der Waals surface area contributed by atoms with E-state index in [9.17, 15) is 0 Å². The minimum absolute atomic E-state index is 0. The molecule has 0 spiro atoms. The van der Waals surface area contributed by atoms with Gasteiger partial charge in [-0.05, 0) is 72.6 Å². The highest BCUT2D eigenvalue weighted by molar-refractivity contribution is 14.0. The van der Waals surface area contributed by atoms with Gasteiger partial charge in [0.15, 0.2) is 5.96 Å². The number of guanidine groups is 1. The van der Waals surface area contributed by atoms with Crippen LogP contribution in [0.15, 0.2) is 40.0 Å². The van der Waals surface area contributed by atoms with Gasteiger partial charge in [-0.2, -0.15) is 11.3 Å². The van der Waals surface area contributed by atoms with E-state index in [1.165, 1.54) is 16.7 Å². The van der Waals surface area contributed by atoms with Gasteiger partial charge in [-0.1, -0.05) is 19.9 Å². The number of hydrogen-bond acceptors (Lipinski definition) is 3. The average molecular weight is 472 g/mol. The molecule has 1 aromatic heterocycles. The maximum Gasteiger partial charge on any atom is 0.193 e. The quantitative estimate of drug-likeness (QED) is 0.346. The smallest absolute Gasteiger partial charge is 0.193 e. The Bertz CT molecular complexity index is 666. The summed E-state index contributed by atoms with van der Waals surface area (Å²) in [5.41, 5.74) is 10.9. The van der Waals surface area contributed by atoms with Crippen molar-refractivity contribution in [3.63, 3.8) is 0 Å². The fourth-order valence-corrected chi connectivity index (χ4v) is 3.46. The predicted octanol–water partition coefficient (Wildman–Crippen LogP) is 4.79. The van der Waals surface area contributed by atoms with E-state index >= 15 is 0 Å². The van der Waals surface area contributed by atoms with Crippen molar-refractivity contribution in [1.82, 2.24) is 4.90 Å². The van der Waals surface area contributed by atoms with Gasteiger partial charge in [0.1, 0.15) is 0 Å². The SMILES string of the molecule is CCN(CC)C(CN=C(N)Nc1ccc(C)c(C)c1)c1ccsc1.I. The first kappa shape index (κ1) is 21.9. The van der Waals surface area contributed by atoms with E-state index in [2.05, 4.69) is 71.9 Å². The van der Waals surface area contributed by atoms with Crippen LogP contribution in [0.5, 0.6) is 0 Å². The van der Waals surface area contributed by atoms with Crippen molar-refractivity contribution in [3.8, 4) is 0 Å². The molecule has 0 aliphatic heterocycles. The Morgan fingerprint density at radius 1 is 1.20 bits per heavy atom. The Hall–Kier alpha value is -1.12. The highest BCUT2D eigenvalue weighted by Gasteiger charge is 2.18. The fourth-order valence-electron chi connectivity index (χ4n) is 2.75. The lowest BCUT2D eigenvalue weighted by molar-refractivity contribution is 0.225. The number of benzene rings is 1. The van der Waals surface area contributed by atoms with Crippen molar-refractivity contribution < 1.29 is 0 Å². The Morgan fingerprint density at radius 2 is 1.92 bits per heavy atom. The molecular weight excluding hydrogens is 443 g/mol. The number of anilines is 1. The molecule has 3 N–H and O–H groups in total. The molecule has 0 amide bonds. The second-order valence-electron chi connectivity index (χ2n) is 5.94. The number of likely N-dealkylation sites (N-methyl/N-ethyl adjacent to an activating group) is 1. The van der Waals surface area contributed by atoms with Crippen molar-refractivity contribution in [1.29, 1.82) is 0 Å². The largest absolute Gasteiger partial charge is 0.370 e. The molecule has 1 unspecified atom stereocenters.